The molecule has 1 N–H and O–H groups in total. The number of carbonyl (C=O) groups excluding carboxylic acids is 3. The summed E-state index contributed by atoms with van der Waals surface area (Å²) in [7, 11) is 0. The van der Waals surface area contributed by atoms with Crippen molar-refractivity contribution in [1.29, 1.82) is 0 Å². The van der Waals surface area contributed by atoms with Crippen molar-refractivity contribution in [3.63, 3.8) is 0 Å². The molecule has 354 valence electrons. The third kappa shape index (κ3) is 12.2. The first kappa shape index (κ1) is 49.9. The van der Waals surface area contributed by atoms with Gasteiger partial charge in [0.05, 0.1) is 95.6 Å². The van der Waals surface area contributed by atoms with Gasteiger partial charge in [-0.15, -0.1) is 0 Å². The molecule has 6 saturated heterocycles. The Kier molecular flexibility index (Phi) is 18.5. The average molecular weight is 965 g/mol. The molecule has 0 aromatic heterocycles. The van der Waals surface area contributed by atoms with Crippen molar-refractivity contribution < 1.29 is 23.9 Å². The Morgan fingerprint density at radius 3 is 1.61 bits per heavy atom. The standard InChI is InChI=1S/C24H33Cl2N3O2.C19H25Cl2N3O2.C5H8O.CH4/c25-19-7-6-18(12-20(19)26)13-23(30)29-11-10-28(14-17-4-3-5-17)22-16-31-15-21(24(22)29)27-8-1-2-9-27;20-14-4-3-13(9-15(14)21)10-18(25)24-8-5-22-16-11-26-12-17(19(16)24)23-6-1-2-7-23;6-4-5-2-1-3-5;/h6-7,12,17,21-22,24H,1-5,8-11,13-16H2;3-4,9,16-17,19,22H,1-2,5-8,10-12H2;4-5H,1-3H2;1H4/t21-,22+,24+;16-,17+,19+;;/m01../s1. The van der Waals surface area contributed by atoms with Crippen molar-refractivity contribution >= 4 is 64.5 Å². The van der Waals surface area contributed by atoms with Crippen LogP contribution < -0.4 is 5.32 Å². The van der Waals surface area contributed by atoms with Crippen LogP contribution in [0.2, 0.25) is 20.1 Å². The minimum atomic E-state index is 0. The van der Waals surface area contributed by atoms with E-state index in [0.29, 0.717) is 64.1 Å². The highest BCUT2D eigenvalue weighted by atomic mass is 35.5. The van der Waals surface area contributed by atoms with E-state index in [1.807, 2.05) is 18.2 Å². The number of likely N-dealkylation sites (tertiary alicyclic amines) is 2. The van der Waals surface area contributed by atoms with E-state index in [-0.39, 0.29) is 43.4 Å². The van der Waals surface area contributed by atoms with Gasteiger partial charge in [-0.1, -0.05) is 78.8 Å². The molecular formula is C49H70Cl4N6O5. The lowest BCUT2D eigenvalue weighted by Crippen LogP contribution is -2.72. The summed E-state index contributed by atoms with van der Waals surface area (Å²) in [6.45, 7) is 11.8. The van der Waals surface area contributed by atoms with Gasteiger partial charge in [-0.2, -0.15) is 0 Å². The summed E-state index contributed by atoms with van der Waals surface area (Å²) in [6, 6.07) is 12.4. The molecule has 15 heteroatoms. The second-order valence-electron chi connectivity index (χ2n) is 18.9. The van der Waals surface area contributed by atoms with Gasteiger partial charge in [-0.25, -0.2) is 0 Å². The van der Waals surface area contributed by atoms with Crippen molar-refractivity contribution in [2.45, 2.75) is 121 Å². The highest BCUT2D eigenvalue weighted by Crippen LogP contribution is 2.35. The van der Waals surface area contributed by atoms with Crippen LogP contribution in [0.4, 0.5) is 0 Å². The molecule has 64 heavy (non-hydrogen) atoms. The summed E-state index contributed by atoms with van der Waals surface area (Å²) in [5.74, 6) is 1.62. The van der Waals surface area contributed by atoms with E-state index in [2.05, 4.69) is 29.8 Å². The minimum Gasteiger partial charge on any atom is -0.378 e. The van der Waals surface area contributed by atoms with Gasteiger partial charge in [0.2, 0.25) is 11.8 Å². The molecule has 6 aliphatic heterocycles. The minimum absolute atomic E-state index is 0. The molecular weight excluding hydrogens is 894 g/mol. The fourth-order valence-corrected chi connectivity index (χ4v) is 11.6. The number of carbonyl (C=O) groups is 3. The van der Waals surface area contributed by atoms with E-state index in [4.69, 9.17) is 55.9 Å². The van der Waals surface area contributed by atoms with E-state index < -0.39 is 0 Å². The largest absolute Gasteiger partial charge is 0.378 e. The number of rotatable bonds is 9. The molecule has 0 spiro atoms. The molecule has 0 unspecified atom stereocenters. The van der Waals surface area contributed by atoms with Crippen LogP contribution in [0.15, 0.2) is 36.4 Å². The molecule has 0 bridgehead atoms. The first-order valence-corrected chi connectivity index (χ1v) is 25.2. The molecule has 6 heterocycles. The number of benzene rings is 2. The molecule has 8 fully saturated rings. The number of halogens is 4. The summed E-state index contributed by atoms with van der Waals surface area (Å²) in [5.41, 5.74) is 1.84. The molecule has 2 aromatic rings. The Balaban J connectivity index is 0.000000169. The zero-order chi connectivity index (χ0) is 43.9. The first-order chi connectivity index (χ1) is 30.7. The Hall–Kier alpha value is -2.03. The van der Waals surface area contributed by atoms with Crippen molar-refractivity contribution in [1.82, 2.24) is 29.8 Å². The zero-order valence-corrected chi connectivity index (χ0v) is 39.7. The second-order valence-corrected chi connectivity index (χ2v) is 20.6. The van der Waals surface area contributed by atoms with Crippen molar-refractivity contribution in [2.24, 2.45) is 11.8 Å². The number of amides is 2. The molecule has 2 aliphatic carbocycles. The lowest BCUT2D eigenvalue weighted by atomic mass is 9.83. The van der Waals surface area contributed by atoms with Gasteiger partial charge in [0.25, 0.3) is 0 Å². The summed E-state index contributed by atoms with van der Waals surface area (Å²) < 4.78 is 12.0. The fraction of sp³-hybridized carbons (Fsp3) is 0.694. The first-order valence-electron chi connectivity index (χ1n) is 23.7. The van der Waals surface area contributed by atoms with Crippen LogP contribution in [0.25, 0.3) is 0 Å². The lowest BCUT2D eigenvalue weighted by molar-refractivity contribution is -0.153. The number of piperazine rings is 2. The Morgan fingerprint density at radius 2 is 1.12 bits per heavy atom. The predicted molar refractivity (Wildman–Crippen MR) is 257 cm³/mol. The smallest absolute Gasteiger partial charge is 0.227 e. The SMILES string of the molecule is C.O=C(Cc1ccc(Cl)c(Cl)c1)N1CCN(CC2CCC2)[C@@H]2COC[C@H](N3CCCC3)[C@H]21.O=C(Cc1ccc(Cl)c(Cl)c1)N1CCN[C@@H]2COC[C@H](N3CCCC3)[C@H]21.O=CC1CCC1. The second kappa shape index (κ2) is 23.8. The number of ether oxygens (including phenoxy) is 2. The number of nitrogens with one attached hydrogen (secondary N) is 1. The molecule has 2 saturated carbocycles. The van der Waals surface area contributed by atoms with Crippen LogP contribution in [0, 0.1) is 11.8 Å². The van der Waals surface area contributed by atoms with Crippen LogP contribution >= 0.6 is 46.4 Å². The molecule has 11 nitrogen and oxygen atoms in total. The van der Waals surface area contributed by atoms with Gasteiger partial charge >= 0.3 is 0 Å². The van der Waals surface area contributed by atoms with Crippen molar-refractivity contribution in [3.8, 4) is 0 Å². The molecule has 2 aromatic carbocycles. The Labute approximate surface area is 401 Å². The van der Waals surface area contributed by atoms with E-state index >= 15 is 0 Å². The van der Waals surface area contributed by atoms with Crippen LogP contribution in [-0.2, 0) is 36.7 Å². The zero-order valence-electron chi connectivity index (χ0n) is 36.6. The van der Waals surface area contributed by atoms with Gasteiger partial charge in [0.15, 0.2) is 0 Å². The summed E-state index contributed by atoms with van der Waals surface area (Å²) in [4.78, 5) is 48.4. The molecule has 6 atom stereocenters. The van der Waals surface area contributed by atoms with E-state index in [9.17, 15) is 14.4 Å². The van der Waals surface area contributed by atoms with Gasteiger partial charge in [0.1, 0.15) is 6.29 Å². The topological polar surface area (TPSA) is 97.9 Å². The quantitative estimate of drug-likeness (QED) is 0.256. The normalized spacial score (nSPS) is 28.8. The van der Waals surface area contributed by atoms with E-state index in [1.165, 1.54) is 51.4 Å². The summed E-state index contributed by atoms with van der Waals surface area (Å²) in [5, 5.41) is 5.61. The monoisotopic (exact) mass is 962 g/mol. The highest BCUT2D eigenvalue weighted by molar-refractivity contribution is 6.42. The maximum absolute atomic E-state index is 13.5. The van der Waals surface area contributed by atoms with Crippen LogP contribution in [0.1, 0.15) is 82.8 Å². The van der Waals surface area contributed by atoms with Crippen LogP contribution in [0.5, 0.6) is 0 Å². The number of hydrogen-bond donors (Lipinski definition) is 1. The number of nitrogens with zero attached hydrogens (tertiary/aromatic N) is 5. The van der Waals surface area contributed by atoms with Crippen LogP contribution in [0.3, 0.4) is 0 Å². The fourth-order valence-electron chi connectivity index (χ4n) is 11.0. The van der Waals surface area contributed by atoms with Gasteiger partial charge in [-0.05, 0) is 119 Å². The summed E-state index contributed by atoms with van der Waals surface area (Å²) in [6.07, 6.45) is 14.4. The van der Waals surface area contributed by atoms with Crippen LogP contribution in [-0.4, -0.2) is 164 Å². The Morgan fingerprint density at radius 1 is 0.609 bits per heavy atom. The molecule has 10 rings (SSSR count). The highest BCUT2D eigenvalue weighted by Gasteiger charge is 2.49. The van der Waals surface area contributed by atoms with Gasteiger partial charge in [0, 0.05) is 38.6 Å². The third-order valence-corrected chi connectivity index (χ3v) is 16.4. The predicted octanol–water partition coefficient (Wildman–Crippen LogP) is 7.53. The maximum Gasteiger partial charge on any atom is 0.227 e. The molecule has 0 radical (unpaired) electrons. The third-order valence-electron chi connectivity index (χ3n) is 14.9. The maximum atomic E-state index is 13.5. The van der Waals surface area contributed by atoms with E-state index in [1.54, 1.807) is 18.2 Å². The lowest BCUT2D eigenvalue weighted by Gasteiger charge is -2.55. The Bertz CT molecular complexity index is 1860. The van der Waals surface area contributed by atoms with E-state index in [0.717, 1.165) is 108 Å². The summed E-state index contributed by atoms with van der Waals surface area (Å²) >= 11 is 24.4. The average Bonchev–Trinajstić information content (AvgIpc) is 4.01. The molecule has 2 amide bonds. The molecule has 8 aliphatic rings. The van der Waals surface area contributed by atoms with Gasteiger partial charge in [-0.3, -0.25) is 24.3 Å². The number of hydrogen-bond acceptors (Lipinski definition) is 9. The number of aldehydes is 1. The van der Waals surface area contributed by atoms with Crippen molar-refractivity contribution in [3.05, 3.63) is 67.6 Å². The van der Waals surface area contributed by atoms with Gasteiger partial charge < -0.3 is 29.4 Å². The number of fused-ring (bicyclic) bond motifs is 2. The van der Waals surface area contributed by atoms with Crippen molar-refractivity contribution in [2.75, 3.05) is 85.3 Å².